The molecule has 0 radical (unpaired) electrons. The Morgan fingerprint density at radius 2 is 1.94 bits per heavy atom. The number of rotatable bonds is 7. The third-order valence-corrected chi connectivity index (χ3v) is 5.71. The first-order valence-corrected chi connectivity index (χ1v) is 10.5. The molecule has 0 aliphatic carbocycles. The molecule has 174 valence electrons. The lowest BCUT2D eigenvalue weighted by atomic mass is 9.92. The third-order valence-electron chi connectivity index (χ3n) is 5.71. The van der Waals surface area contributed by atoms with Gasteiger partial charge < -0.3 is 16.0 Å². The largest absolute Gasteiger partial charge is 0.354 e. The van der Waals surface area contributed by atoms with Gasteiger partial charge in [0, 0.05) is 56.2 Å². The fourth-order valence-electron chi connectivity index (χ4n) is 3.72. The summed E-state index contributed by atoms with van der Waals surface area (Å²) >= 11 is 0. The number of carbonyl (C=O) groups excluding carboxylic acids is 2. The molecule has 1 saturated heterocycles. The van der Waals surface area contributed by atoms with Gasteiger partial charge in [0.25, 0.3) is 17.7 Å². The second-order valence-corrected chi connectivity index (χ2v) is 7.83. The van der Waals surface area contributed by atoms with E-state index in [-0.39, 0.29) is 55.5 Å². The number of nitrogens with zero attached hydrogens (tertiary/aromatic N) is 1. The van der Waals surface area contributed by atoms with Crippen LogP contribution in [0.1, 0.15) is 57.8 Å². The van der Waals surface area contributed by atoms with Crippen molar-refractivity contribution in [1.29, 1.82) is 0 Å². The maximum atomic E-state index is 14.0. The second-order valence-electron chi connectivity index (χ2n) is 7.83. The van der Waals surface area contributed by atoms with E-state index in [0.717, 1.165) is 5.56 Å². The molecule has 3 N–H and O–H groups in total. The Morgan fingerprint density at radius 3 is 2.59 bits per heavy atom. The van der Waals surface area contributed by atoms with Gasteiger partial charge in [0.2, 0.25) is 0 Å². The molecule has 0 spiro atoms. The molecule has 1 fully saturated rings. The molecule has 3 rings (SSSR count). The summed E-state index contributed by atoms with van der Waals surface area (Å²) in [5.74, 6) is -4.49. The zero-order chi connectivity index (χ0) is 22.4. The monoisotopic (exact) mass is 466 g/mol. The predicted octanol–water partition coefficient (Wildman–Crippen LogP) is 3.38. The number of pyridine rings is 1. The van der Waals surface area contributed by atoms with Gasteiger partial charge in [-0.15, -0.1) is 12.4 Å². The molecule has 0 unspecified atom stereocenters. The molecule has 2 atom stereocenters. The van der Waals surface area contributed by atoms with Crippen LogP contribution in [0.25, 0.3) is 0 Å². The van der Waals surface area contributed by atoms with E-state index in [0.29, 0.717) is 12.2 Å². The van der Waals surface area contributed by atoms with Gasteiger partial charge in [0.15, 0.2) is 0 Å². The highest BCUT2D eigenvalue weighted by Crippen LogP contribution is 2.32. The summed E-state index contributed by atoms with van der Waals surface area (Å²) in [7, 11) is 1.50. The van der Waals surface area contributed by atoms with Crippen LogP contribution in [-0.4, -0.2) is 49.4 Å². The normalized spacial score (nSPS) is 18.2. The molecule has 2 aromatic rings. The van der Waals surface area contributed by atoms with Crippen molar-refractivity contribution in [2.45, 2.75) is 31.6 Å². The maximum absolute atomic E-state index is 14.0. The summed E-state index contributed by atoms with van der Waals surface area (Å²) in [6.07, 6.45) is -0.0153. The van der Waals surface area contributed by atoms with Gasteiger partial charge in [-0.2, -0.15) is 0 Å². The standard InChI is InChI=1S/C23H28F2N4O2.ClH/c1-15(16-6-4-3-5-7-16)19-12-17(13-20(29-19)22(31)26-2)21(30)28-10-8-18-14-27-11-9-23(18,24)25;/h3-7,12-13,15,18,27H,8-11,14H2,1-2H3,(H,26,31)(H,28,30);1H/t15-,18-;/m0./s1. The topological polar surface area (TPSA) is 83.1 Å². The minimum Gasteiger partial charge on any atom is -0.354 e. The molecule has 1 aromatic carbocycles. The van der Waals surface area contributed by atoms with Crippen molar-refractivity contribution >= 4 is 24.2 Å². The number of piperidine rings is 1. The van der Waals surface area contributed by atoms with Crippen LogP contribution < -0.4 is 16.0 Å². The minimum absolute atomic E-state index is 0. The fraction of sp³-hybridized carbons (Fsp3) is 0.435. The van der Waals surface area contributed by atoms with Crippen LogP contribution in [0, 0.1) is 5.92 Å². The number of nitrogens with one attached hydrogen (secondary N) is 3. The van der Waals surface area contributed by atoms with E-state index in [1.807, 2.05) is 37.3 Å². The van der Waals surface area contributed by atoms with E-state index < -0.39 is 23.7 Å². The van der Waals surface area contributed by atoms with Crippen molar-refractivity contribution in [1.82, 2.24) is 20.9 Å². The average Bonchev–Trinajstić information content (AvgIpc) is 2.79. The molecule has 32 heavy (non-hydrogen) atoms. The number of aromatic nitrogens is 1. The van der Waals surface area contributed by atoms with Crippen molar-refractivity contribution < 1.29 is 18.4 Å². The summed E-state index contributed by atoms with van der Waals surface area (Å²) in [5.41, 5.74) is 2.00. The molecule has 9 heteroatoms. The summed E-state index contributed by atoms with van der Waals surface area (Å²) in [5, 5.41) is 8.22. The first-order valence-electron chi connectivity index (χ1n) is 10.5. The Bertz CT molecular complexity index is 927. The van der Waals surface area contributed by atoms with Crippen molar-refractivity contribution in [3.8, 4) is 0 Å². The molecule has 0 bridgehead atoms. The van der Waals surface area contributed by atoms with Crippen LogP contribution in [0.4, 0.5) is 8.78 Å². The Hall–Kier alpha value is -2.58. The van der Waals surface area contributed by atoms with Crippen molar-refractivity contribution in [3.05, 3.63) is 65.0 Å². The fourth-order valence-corrected chi connectivity index (χ4v) is 3.72. The van der Waals surface area contributed by atoms with E-state index in [1.54, 1.807) is 6.07 Å². The van der Waals surface area contributed by atoms with Crippen molar-refractivity contribution in [3.63, 3.8) is 0 Å². The lowest BCUT2D eigenvalue weighted by Crippen LogP contribution is -2.45. The zero-order valence-corrected chi connectivity index (χ0v) is 19.0. The Balaban J connectivity index is 0.00000363. The highest BCUT2D eigenvalue weighted by Gasteiger charge is 2.40. The Morgan fingerprint density at radius 1 is 1.22 bits per heavy atom. The summed E-state index contributed by atoms with van der Waals surface area (Å²) in [4.78, 5) is 29.4. The van der Waals surface area contributed by atoms with Crippen molar-refractivity contribution in [2.75, 3.05) is 26.7 Å². The smallest absolute Gasteiger partial charge is 0.269 e. The second kappa shape index (κ2) is 11.3. The van der Waals surface area contributed by atoms with Gasteiger partial charge >= 0.3 is 0 Å². The average molecular weight is 467 g/mol. The van der Waals surface area contributed by atoms with Crippen LogP contribution >= 0.6 is 12.4 Å². The first kappa shape index (κ1) is 25.7. The van der Waals surface area contributed by atoms with E-state index in [2.05, 4.69) is 20.9 Å². The molecule has 1 aromatic heterocycles. The summed E-state index contributed by atoms with van der Waals surface area (Å²) < 4.78 is 28.0. The molecular formula is C23H29ClF2N4O2. The lowest BCUT2D eigenvalue weighted by Gasteiger charge is -2.31. The Kier molecular flexibility index (Phi) is 9.09. The molecule has 6 nitrogen and oxygen atoms in total. The van der Waals surface area contributed by atoms with Crippen LogP contribution in [0.2, 0.25) is 0 Å². The van der Waals surface area contributed by atoms with Crippen LogP contribution in [0.3, 0.4) is 0 Å². The van der Waals surface area contributed by atoms with E-state index in [4.69, 9.17) is 0 Å². The maximum Gasteiger partial charge on any atom is 0.269 e. The van der Waals surface area contributed by atoms with Gasteiger partial charge in [0.05, 0.1) is 0 Å². The van der Waals surface area contributed by atoms with Crippen LogP contribution in [-0.2, 0) is 0 Å². The number of carbonyl (C=O) groups is 2. The number of benzene rings is 1. The molecule has 2 heterocycles. The van der Waals surface area contributed by atoms with Crippen molar-refractivity contribution in [2.24, 2.45) is 5.92 Å². The Labute approximate surface area is 193 Å². The van der Waals surface area contributed by atoms with E-state index >= 15 is 0 Å². The van der Waals surface area contributed by atoms with Gasteiger partial charge in [-0.05, 0) is 24.1 Å². The number of halogens is 3. The predicted molar refractivity (Wildman–Crippen MR) is 122 cm³/mol. The molecule has 2 amide bonds. The summed E-state index contributed by atoms with van der Waals surface area (Å²) in [6.45, 7) is 2.61. The molecule has 0 saturated carbocycles. The third kappa shape index (κ3) is 6.23. The van der Waals surface area contributed by atoms with Crippen LogP contribution in [0.15, 0.2) is 42.5 Å². The highest BCUT2D eigenvalue weighted by atomic mass is 35.5. The van der Waals surface area contributed by atoms with E-state index in [1.165, 1.54) is 13.1 Å². The minimum atomic E-state index is -2.72. The van der Waals surface area contributed by atoms with Crippen LogP contribution in [0.5, 0.6) is 0 Å². The number of hydrogen-bond acceptors (Lipinski definition) is 4. The molecular weight excluding hydrogens is 438 g/mol. The quantitative estimate of drug-likeness (QED) is 0.584. The summed E-state index contributed by atoms with van der Waals surface area (Å²) in [6, 6.07) is 12.7. The number of alkyl halides is 2. The lowest BCUT2D eigenvalue weighted by molar-refractivity contribution is -0.0801. The molecule has 1 aliphatic heterocycles. The van der Waals surface area contributed by atoms with Gasteiger partial charge in [0.1, 0.15) is 5.69 Å². The van der Waals surface area contributed by atoms with Gasteiger partial charge in [-0.1, -0.05) is 37.3 Å². The van der Waals surface area contributed by atoms with E-state index in [9.17, 15) is 18.4 Å². The SMILES string of the molecule is CNC(=O)c1cc(C(=O)NCC[C@H]2CNCCC2(F)F)cc([C@@H](C)c2ccccc2)n1.Cl. The van der Waals surface area contributed by atoms with Gasteiger partial charge in [-0.25, -0.2) is 13.8 Å². The first-order chi connectivity index (χ1) is 14.8. The highest BCUT2D eigenvalue weighted by molar-refractivity contribution is 5.98. The zero-order valence-electron chi connectivity index (χ0n) is 18.2. The number of hydrogen-bond donors (Lipinski definition) is 3. The number of amides is 2. The van der Waals surface area contributed by atoms with Gasteiger partial charge in [-0.3, -0.25) is 9.59 Å². The molecule has 1 aliphatic rings.